The van der Waals surface area contributed by atoms with Gasteiger partial charge in [0.25, 0.3) is 11.8 Å². The molecule has 3 aliphatic rings. The average molecular weight is 354 g/mol. The molecule has 0 spiro atoms. The maximum absolute atomic E-state index is 12.4. The van der Waals surface area contributed by atoms with Gasteiger partial charge in [0.2, 0.25) is 0 Å². The van der Waals surface area contributed by atoms with E-state index in [1.807, 2.05) is 0 Å². The van der Waals surface area contributed by atoms with Gasteiger partial charge in [0.1, 0.15) is 5.75 Å². The van der Waals surface area contributed by atoms with Crippen LogP contribution in [-0.2, 0) is 0 Å². The monoisotopic (exact) mass is 354 g/mol. The number of hydrogen-bond donors (Lipinski definition) is 0. The first kappa shape index (κ1) is 16.2. The molecular weight excluding hydrogens is 337 g/mol. The van der Waals surface area contributed by atoms with Crippen molar-refractivity contribution in [2.75, 3.05) is 31.1 Å². The number of nitrogens with zero attached hydrogens (tertiary/aromatic N) is 4. The molecule has 0 unspecified atom stereocenters. The highest BCUT2D eigenvalue weighted by Gasteiger charge is 2.32. The Bertz CT molecular complexity index is 741. The van der Waals surface area contributed by atoms with E-state index in [0.717, 1.165) is 39.0 Å². The van der Waals surface area contributed by atoms with E-state index in [1.54, 1.807) is 6.07 Å². The van der Waals surface area contributed by atoms with E-state index in [4.69, 9.17) is 4.52 Å². The van der Waals surface area contributed by atoms with E-state index < -0.39 is 6.36 Å². The zero-order valence-corrected chi connectivity index (χ0v) is 13.4. The van der Waals surface area contributed by atoms with Gasteiger partial charge in [-0.3, -0.25) is 0 Å². The first-order valence-electron chi connectivity index (χ1n) is 8.17. The van der Waals surface area contributed by atoms with E-state index in [1.165, 1.54) is 18.2 Å². The molecule has 2 bridgehead atoms. The molecule has 0 atom stereocenters. The lowest BCUT2D eigenvalue weighted by Crippen LogP contribution is -2.38. The quantitative estimate of drug-likeness (QED) is 0.845. The second-order valence-corrected chi connectivity index (χ2v) is 6.24. The predicted octanol–water partition coefficient (Wildman–Crippen LogP) is 2.92. The SMILES string of the molecule is FC(F)(F)Oc1cccc(-c2nc(N3CCN4CCC3CC4)no2)c1. The van der Waals surface area contributed by atoms with E-state index in [9.17, 15) is 13.2 Å². The fraction of sp³-hybridized carbons (Fsp3) is 0.500. The van der Waals surface area contributed by atoms with Crippen LogP contribution in [0, 0.1) is 0 Å². The average Bonchev–Trinajstić information content (AvgIpc) is 2.86. The number of halogens is 3. The van der Waals surface area contributed by atoms with E-state index in [-0.39, 0.29) is 11.6 Å². The zero-order valence-electron chi connectivity index (χ0n) is 13.4. The number of ether oxygens (including phenoxy) is 1. The zero-order chi connectivity index (χ0) is 17.4. The molecule has 0 aliphatic carbocycles. The van der Waals surface area contributed by atoms with Gasteiger partial charge in [-0.2, -0.15) is 4.98 Å². The minimum absolute atomic E-state index is 0.182. The number of fused-ring (bicyclic) bond motifs is 4. The number of rotatable bonds is 3. The van der Waals surface area contributed by atoms with Crippen molar-refractivity contribution < 1.29 is 22.4 Å². The lowest BCUT2D eigenvalue weighted by molar-refractivity contribution is -0.274. The van der Waals surface area contributed by atoms with Crippen LogP contribution in [0.15, 0.2) is 28.8 Å². The van der Waals surface area contributed by atoms with Crippen LogP contribution < -0.4 is 9.64 Å². The third-order valence-electron chi connectivity index (χ3n) is 4.64. The molecule has 5 rings (SSSR count). The normalized spacial score (nSPS) is 23.6. The Morgan fingerprint density at radius 1 is 1.12 bits per heavy atom. The van der Waals surface area contributed by atoms with Crippen molar-refractivity contribution in [2.45, 2.75) is 25.2 Å². The summed E-state index contributed by atoms with van der Waals surface area (Å²) in [4.78, 5) is 8.94. The van der Waals surface area contributed by atoms with Crippen LogP contribution in [0.3, 0.4) is 0 Å². The molecule has 25 heavy (non-hydrogen) atoms. The Kier molecular flexibility index (Phi) is 4.03. The number of alkyl halides is 3. The second kappa shape index (κ2) is 6.21. The Morgan fingerprint density at radius 3 is 2.68 bits per heavy atom. The molecule has 3 fully saturated rings. The van der Waals surface area contributed by atoms with Gasteiger partial charge in [-0.05, 0) is 36.2 Å². The highest BCUT2D eigenvalue weighted by molar-refractivity contribution is 5.57. The third-order valence-corrected chi connectivity index (χ3v) is 4.64. The molecule has 6 nitrogen and oxygen atoms in total. The predicted molar refractivity (Wildman–Crippen MR) is 83.2 cm³/mol. The molecule has 134 valence electrons. The number of aromatic nitrogens is 2. The molecule has 1 aromatic heterocycles. The Labute approximate surface area is 142 Å². The molecule has 3 aliphatic heterocycles. The number of hydrogen-bond acceptors (Lipinski definition) is 6. The number of benzene rings is 1. The van der Waals surface area contributed by atoms with Gasteiger partial charge >= 0.3 is 6.36 Å². The fourth-order valence-electron chi connectivity index (χ4n) is 3.43. The van der Waals surface area contributed by atoms with Crippen molar-refractivity contribution in [2.24, 2.45) is 0 Å². The van der Waals surface area contributed by atoms with Gasteiger partial charge in [-0.15, -0.1) is 13.2 Å². The summed E-state index contributed by atoms with van der Waals surface area (Å²) in [5.74, 6) is 0.360. The van der Waals surface area contributed by atoms with E-state index in [0.29, 0.717) is 17.6 Å². The van der Waals surface area contributed by atoms with Crippen LogP contribution in [0.4, 0.5) is 19.1 Å². The van der Waals surface area contributed by atoms with Crippen molar-refractivity contribution in [1.29, 1.82) is 0 Å². The summed E-state index contributed by atoms with van der Waals surface area (Å²) in [5.41, 5.74) is 0.392. The first-order chi connectivity index (χ1) is 12.0. The van der Waals surface area contributed by atoms with Crippen molar-refractivity contribution in [3.63, 3.8) is 0 Å². The lowest BCUT2D eigenvalue weighted by atomic mass is 10.1. The maximum atomic E-state index is 12.4. The molecule has 1 aromatic carbocycles. The van der Waals surface area contributed by atoms with Crippen molar-refractivity contribution in [3.8, 4) is 17.2 Å². The van der Waals surface area contributed by atoms with Gasteiger partial charge in [0.05, 0.1) is 0 Å². The van der Waals surface area contributed by atoms with Crippen molar-refractivity contribution in [3.05, 3.63) is 24.3 Å². The fourth-order valence-corrected chi connectivity index (χ4v) is 3.43. The number of piperidine rings is 1. The molecule has 2 aromatic rings. The van der Waals surface area contributed by atoms with Crippen molar-refractivity contribution in [1.82, 2.24) is 15.0 Å². The van der Waals surface area contributed by atoms with Crippen molar-refractivity contribution >= 4 is 5.95 Å². The molecule has 0 N–H and O–H groups in total. The van der Waals surface area contributed by atoms with E-state index >= 15 is 0 Å². The molecule has 4 heterocycles. The Balaban J connectivity index is 1.56. The summed E-state index contributed by atoms with van der Waals surface area (Å²) in [6.45, 7) is 3.92. The molecule has 3 saturated heterocycles. The minimum atomic E-state index is -4.74. The van der Waals surface area contributed by atoms with Gasteiger partial charge in [0.15, 0.2) is 0 Å². The largest absolute Gasteiger partial charge is 0.573 e. The standard InChI is InChI=1S/C16H17F3N4O2/c17-16(18,19)24-13-3-1-2-11(10-13)14-20-15(21-25-14)23-9-8-22-6-4-12(23)5-7-22/h1-3,10,12H,4-9H2. The molecule has 9 heteroatoms. The minimum Gasteiger partial charge on any atom is -0.406 e. The van der Waals surface area contributed by atoms with Crippen LogP contribution in [0.5, 0.6) is 5.75 Å². The number of anilines is 1. The Hall–Kier alpha value is -2.29. The van der Waals surface area contributed by atoms with Gasteiger partial charge in [-0.25, -0.2) is 0 Å². The van der Waals surface area contributed by atoms with Crippen LogP contribution in [0.2, 0.25) is 0 Å². The second-order valence-electron chi connectivity index (χ2n) is 6.24. The Morgan fingerprint density at radius 2 is 1.92 bits per heavy atom. The van der Waals surface area contributed by atoms with Crippen LogP contribution >= 0.6 is 0 Å². The summed E-state index contributed by atoms with van der Waals surface area (Å²) in [6.07, 6.45) is -2.63. The third kappa shape index (κ3) is 3.55. The molecule has 0 radical (unpaired) electrons. The lowest BCUT2D eigenvalue weighted by Gasteiger charge is -2.30. The molecule has 0 saturated carbocycles. The molecule has 0 amide bonds. The van der Waals surface area contributed by atoms with Crippen LogP contribution in [0.25, 0.3) is 11.5 Å². The smallest absolute Gasteiger partial charge is 0.406 e. The summed E-state index contributed by atoms with van der Waals surface area (Å²) >= 11 is 0. The summed E-state index contributed by atoms with van der Waals surface area (Å²) < 4.78 is 46.3. The van der Waals surface area contributed by atoms with Crippen LogP contribution in [-0.4, -0.2) is 53.6 Å². The summed E-state index contributed by atoms with van der Waals surface area (Å²) in [5, 5.41) is 4.04. The van der Waals surface area contributed by atoms with Crippen LogP contribution in [0.1, 0.15) is 12.8 Å². The first-order valence-corrected chi connectivity index (χ1v) is 8.17. The highest BCUT2D eigenvalue weighted by atomic mass is 19.4. The maximum Gasteiger partial charge on any atom is 0.573 e. The summed E-state index contributed by atoms with van der Waals surface area (Å²) in [6, 6.07) is 5.92. The topological polar surface area (TPSA) is 54.6 Å². The highest BCUT2D eigenvalue weighted by Crippen LogP contribution is 2.30. The van der Waals surface area contributed by atoms with Gasteiger partial charge < -0.3 is 19.1 Å². The van der Waals surface area contributed by atoms with Gasteiger partial charge in [0, 0.05) is 37.8 Å². The van der Waals surface area contributed by atoms with E-state index in [2.05, 4.69) is 24.7 Å². The summed E-state index contributed by atoms with van der Waals surface area (Å²) in [7, 11) is 0. The van der Waals surface area contributed by atoms with Gasteiger partial charge in [-0.1, -0.05) is 6.07 Å². The molecular formula is C16H17F3N4O2.